The summed E-state index contributed by atoms with van der Waals surface area (Å²) in [6.07, 6.45) is 2.03. The van der Waals surface area contributed by atoms with E-state index in [1.54, 1.807) is 6.07 Å². The predicted molar refractivity (Wildman–Crippen MR) is 57.0 cm³/mol. The molecular formula is C10H11ClN2. The highest BCUT2D eigenvalue weighted by Crippen LogP contribution is 2.26. The molecule has 2 N–H and O–H groups in total. The van der Waals surface area contributed by atoms with E-state index in [-0.39, 0.29) is 0 Å². The molecule has 0 saturated heterocycles. The van der Waals surface area contributed by atoms with Crippen molar-refractivity contribution in [3.05, 3.63) is 29.4 Å². The highest BCUT2D eigenvalue weighted by atomic mass is 35.5. The number of anilines is 1. The summed E-state index contributed by atoms with van der Waals surface area (Å²) in [6.45, 7) is 3.02. The Bertz CT molecular complexity index is 445. The zero-order valence-corrected chi connectivity index (χ0v) is 8.17. The molecule has 1 heterocycles. The van der Waals surface area contributed by atoms with Crippen LogP contribution in [0.25, 0.3) is 10.9 Å². The summed E-state index contributed by atoms with van der Waals surface area (Å²) in [5.41, 5.74) is 7.69. The van der Waals surface area contributed by atoms with Gasteiger partial charge in [-0.3, -0.25) is 0 Å². The molecule has 0 amide bonds. The fraction of sp³-hybridized carbons (Fsp3) is 0.200. The lowest BCUT2D eigenvalue weighted by Gasteiger charge is -2.04. The van der Waals surface area contributed by atoms with E-state index in [1.165, 1.54) is 0 Å². The maximum absolute atomic E-state index is 5.89. The van der Waals surface area contributed by atoms with Crippen molar-refractivity contribution >= 4 is 28.2 Å². The maximum atomic E-state index is 5.89. The molecule has 0 bridgehead atoms. The molecule has 2 rings (SSSR count). The first-order valence-electron chi connectivity index (χ1n) is 4.26. The quantitative estimate of drug-likeness (QED) is 0.696. The Labute approximate surface area is 81.9 Å². The molecule has 68 valence electrons. The summed E-state index contributed by atoms with van der Waals surface area (Å²) in [5, 5.41) is 1.80. The van der Waals surface area contributed by atoms with Crippen molar-refractivity contribution in [1.82, 2.24) is 4.57 Å². The number of aromatic nitrogens is 1. The van der Waals surface area contributed by atoms with Gasteiger partial charge in [0, 0.05) is 23.2 Å². The van der Waals surface area contributed by atoms with Gasteiger partial charge in [-0.1, -0.05) is 11.6 Å². The number of hydrogen-bond acceptors (Lipinski definition) is 1. The fourth-order valence-electron chi connectivity index (χ4n) is 1.61. The molecule has 0 aliphatic rings. The van der Waals surface area contributed by atoms with Crippen LogP contribution in [0.4, 0.5) is 5.69 Å². The molecule has 0 fully saturated rings. The van der Waals surface area contributed by atoms with Gasteiger partial charge in [0.15, 0.2) is 0 Å². The van der Waals surface area contributed by atoms with Crippen molar-refractivity contribution < 1.29 is 0 Å². The molecule has 1 aromatic carbocycles. The van der Waals surface area contributed by atoms with Crippen molar-refractivity contribution in [2.45, 2.75) is 13.5 Å². The summed E-state index contributed by atoms with van der Waals surface area (Å²) in [7, 11) is 0. The second kappa shape index (κ2) is 2.96. The molecule has 2 aromatic rings. The SMILES string of the molecule is CCn1ccc2cc(Cl)cc(N)c21. The van der Waals surface area contributed by atoms with Gasteiger partial charge >= 0.3 is 0 Å². The van der Waals surface area contributed by atoms with Gasteiger partial charge in [-0.2, -0.15) is 0 Å². The third kappa shape index (κ3) is 1.27. The van der Waals surface area contributed by atoms with Crippen LogP contribution in [0.3, 0.4) is 0 Å². The van der Waals surface area contributed by atoms with E-state index in [1.807, 2.05) is 18.3 Å². The third-order valence-corrected chi connectivity index (χ3v) is 2.41. The van der Waals surface area contributed by atoms with Crippen molar-refractivity contribution in [1.29, 1.82) is 0 Å². The van der Waals surface area contributed by atoms with Crippen molar-refractivity contribution in [2.75, 3.05) is 5.73 Å². The first kappa shape index (κ1) is 8.45. The Kier molecular flexibility index (Phi) is 1.93. The molecule has 2 nitrogen and oxygen atoms in total. The smallest absolute Gasteiger partial charge is 0.0714 e. The van der Waals surface area contributed by atoms with Crippen LogP contribution >= 0.6 is 11.6 Å². The first-order chi connectivity index (χ1) is 6.22. The number of nitrogens with two attached hydrogens (primary N) is 1. The van der Waals surface area contributed by atoms with E-state index < -0.39 is 0 Å². The van der Waals surface area contributed by atoms with Crippen LogP contribution in [0.1, 0.15) is 6.92 Å². The van der Waals surface area contributed by atoms with Gasteiger partial charge in [0.1, 0.15) is 0 Å². The van der Waals surface area contributed by atoms with Crippen LogP contribution < -0.4 is 5.73 Å². The van der Waals surface area contributed by atoms with E-state index in [0.29, 0.717) is 5.02 Å². The third-order valence-electron chi connectivity index (χ3n) is 2.20. The Morgan fingerprint density at radius 2 is 2.23 bits per heavy atom. The number of benzene rings is 1. The molecule has 0 atom stereocenters. The van der Waals surface area contributed by atoms with E-state index >= 15 is 0 Å². The van der Waals surface area contributed by atoms with Gasteiger partial charge in [0.25, 0.3) is 0 Å². The van der Waals surface area contributed by atoms with Crippen LogP contribution in [-0.4, -0.2) is 4.57 Å². The Hall–Kier alpha value is -1.15. The van der Waals surface area contributed by atoms with Crippen molar-refractivity contribution in [2.24, 2.45) is 0 Å². The summed E-state index contributed by atoms with van der Waals surface area (Å²) in [5.74, 6) is 0. The molecule has 0 aliphatic heterocycles. The lowest BCUT2D eigenvalue weighted by Crippen LogP contribution is -1.95. The number of nitrogen functional groups attached to an aromatic ring is 1. The van der Waals surface area contributed by atoms with Crippen LogP contribution in [-0.2, 0) is 6.54 Å². The van der Waals surface area contributed by atoms with E-state index in [9.17, 15) is 0 Å². The second-order valence-electron chi connectivity index (χ2n) is 3.03. The van der Waals surface area contributed by atoms with Gasteiger partial charge in [0.05, 0.1) is 11.2 Å². The fourth-order valence-corrected chi connectivity index (χ4v) is 1.84. The topological polar surface area (TPSA) is 30.9 Å². The summed E-state index contributed by atoms with van der Waals surface area (Å²) < 4.78 is 2.11. The number of nitrogens with zero attached hydrogens (tertiary/aromatic N) is 1. The van der Waals surface area contributed by atoms with E-state index in [0.717, 1.165) is 23.1 Å². The van der Waals surface area contributed by atoms with E-state index in [2.05, 4.69) is 11.5 Å². The summed E-state index contributed by atoms with van der Waals surface area (Å²) in [4.78, 5) is 0. The normalized spacial score (nSPS) is 10.9. The lowest BCUT2D eigenvalue weighted by atomic mass is 10.2. The number of rotatable bonds is 1. The van der Waals surface area contributed by atoms with Crippen molar-refractivity contribution in [3.63, 3.8) is 0 Å². The Balaban J connectivity index is 2.82. The van der Waals surface area contributed by atoms with Crippen LogP contribution in [0.15, 0.2) is 24.4 Å². The molecule has 1 aromatic heterocycles. The van der Waals surface area contributed by atoms with Gasteiger partial charge < -0.3 is 10.3 Å². The van der Waals surface area contributed by atoms with Gasteiger partial charge in [-0.05, 0) is 25.1 Å². The van der Waals surface area contributed by atoms with E-state index in [4.69, 9.17) is 17.3 Å². The molecule has 0 spiro atoms. The maximum Gasteiger partial charge on any atom is 0.0714 e. The lowest BCUT2D eigenvalue weighted by molar-refractivity contribution is 0.798. The summed E-state index contributed by atoms with van der Waals surface area (Å²) >= 11 is 5.89. The molecule has 3 heteroatoms. The summed E-state index contributed by atoms with van der Waals surface area (Å²) in [6, 6.07) is 5.75. The largest absolute Gasteiger partial charge is 0.397 e. The van der Waals surface area contributed by atoms with Crippen LogP contribution in [0.5, 0.6) is 0 Å². The second-order valence-corrected chi connectivity index (χ2v) is 3.47. The van der Waals surface area contributed by atoms with Crippen LogP contribution in [0, 0.1) is 0 Å². The highest BCUT2D eigenvalue weighted by Gasteiger charge is 2.04. The number of fused-ring (bicyclic) bond motifs is 1. The number of hydrogen-bond donors (Lipinski definition) is 1. The zero-order chi connectivity index (χ0) is 9.42. The Morgan fingerprint density at radius 3 is 2.92 bits per heavy atom. The van der Waals surface area contributed by atoms with Crippen molar-refractivity contribution in [3.8, 4) is 0 Å². The minimum atomic E-state index is 0.693. The molecule has 13 heavy (non-hydrogen) atoms. The molecule has 0 unspecified atom stereocenters. The average molecular weight is 195 g/mol. The standard InChI is InChI=1S/C10H11ClN2/c1-2-13-4-3-7-5-8(11)6-9(12)10(7)13/h3-6H,2,12H2,1H3. The minimum Gasteiger partial charge on any atom is -0.397 e. The molecule has 0 aliphatic carbocycles. The first-order valence-corrected chi connectivity index (χ1v) is 4.64. The van der Waals surface area contributed by atoms with Gasteiger partial charge in [-0.25, -0.2) is 0 Å². The number of halogens is 1. The molecule has 0 radical (unpaired) electrons. The highest BCUT2D eigenvalue weighted by molar-refractivity contribution is 6.31. The van der Waals surface area contributed by atoms with Crippen LogP contribution in [0.2, 0.25) is 5.02 Å². The monoisotopic (exact) mass is 194 g/mol. The average Bonchev–Trinajstić information content (AvgIpc) is 2.47. The zero-order valence-electron chi connectivity index (χ0n) is 7.42. The van der Waals surface area contributed by atoms with Gasteiger partial charge in [0.2, 0.25) is 0 Å². The Morgan fingerprint density at radius 1 is 1.46 bits per heavy atom. The predicted octanol–water partition coefficient (Wildman–Crippen LogP) is 2.90. The molecule has 0 saturated carbocycles. The number of aryl methyl sites for hydroxylation is 1. The van der Waals surface area contributed by atoms with Gasteiger partial charge in [-0.15, -0.1) is 0 Å². The molecular weight excluding hydrogens is 184 g/mol. The minimum absolute atomic E-state index is 0.693.